The zero-order valence-electron chi connectivity index (χ0n) is 12.4. The van der Waals surface area contributed by atoms with Crippen molar-refractivity contribution in [2.75, 3.05) is 5.88 Å². The van der Waals surface area contributed by atoms with Crippen molar-refractivity contribution in [2.45, 2.75) is 90.4 Å². The van der Waals surface area contributed by atoms with Gasteiger partial charge in [-0.2, -0.15) is 0 Å². The first-order chi connectivity index (χ1) is 8.91. The Labute approximate surface area is 120 Å². The molecule has 0 heterocycles. The van der Waals surface area contributed by atoms with Gasteiger partial charge < -0.3 is 0 Å². The molecule has 0 amide bonds. The van der Waals surface area contributed by atoms with Gasteiger partial charge in [-0.1, -0.05) is 70.4 Å². The average molecular weight is 273 g/mol. The largest absolute Gasteiger partial charge is 0.127 e. The molecule has 0 aromatic rings. The summed E-state index contributed by atoms with van der Waals surface area (Å²) in [5, 5.41) is 0. The molecule has 108 valence electrons. The van der Waals surface area contributed by atoms with Crippen LogP contribution in [0.1, 0.15) is 90.4 Å². The van der Waals surface area contributed by atoms with Gasteiger partial charge in [0, 0.05) is 5.88 Å². The Bertz CT molecular complexity index is 145. The van der Waals surface area contributed by atoms with Gasteiger partial charge >= 0.3 is 0 Å². The van der Waals surface area contributed by atoms with Crippen molar-refractivity contribution in [1.29, 1.82) is 0 Å². The van der Waals surface area contributed by atoms with Gasteiger partial charge in [0.25, 0.3) is 0 Å². The van der Waals surface area contributed by atoms with Crippen LogP contribution in [0.4, 0.5) is 0 Å². The maximum atomic E-state index is 5.64. The van der Waals surface area contributed by atoms with Gasteiger partial charge in [0.05, 0.1) is 0 Å². The first-order valence-corrected chi connectivity index (χ1v) is 8.66. The Morgan fingerprint density at radius 1 is 0.611 bits per heavy atom. The highest BCUT2D eigenvalue weighted by Crippen LogP contribution is 2.09. The van der Waals surface area contributed by atoms with Crippen LogP contribution in [0.25, 0.3) is 0 Å². The van der Waals surface area contributed by atoms with Crippen LogP contribution in [-0.2, 0) is 0 Å². The standard InChI is InChI=1S/C17H33Cl/c1-2-3-4-5-6-7-8-9-10-11-12-13-14-15-16-17-18/h9-10H,2-8,11-17H2,1H3/b10-9-. The van der Waals surface area contributed by atoms with E-state index in [-0.39, 0.29) is 0 Å². The van der Waals surface area contributed by atoms with E-state index in [0.29, 0.717) is 0 Å². The van der Waals surface area contributed by atoms with E-state index in [1.54, 1.807) is 0 Å². The molecule has 0 N–H and O–H groups in total. The highest BCUT2D eigenvalue weighted by molar-refractivity contribution is 6.17. The summed E-state index contributed by atoms with van der Waals surface area (Å²) in [5.74, 6) is 0.832. The number of hydrogen-bond donors (Lipinski definition) is 0. The summed E-state index contributed by atoms with van der Waals surface area (Å²) in [6.07, 6.45) is 22.4. The van der Waals surface area contributed by atoms with Gasteiger partial charge in [-0.05, 0) is 32.1 Å². The maximum Gasteiger partial charge on any atom is 0.0223 e. The molecule has 1 heteroatoms. The summed E-state index contributed by atoms with van der Waals surface area (Å²) in [5.41, 5.74) is 0. The van der Waals surface area contributed by atoms with E-state index >= 15 is 0 Å². The molecule has 18 heavy (non-hydrogen) atoms. The fraction of sp³-hybridized carbons (Fsp3) is 0.882. The normalized spacial score (nSPS) is 11.4. The molecule has 0 radical (unpaired) electrons. The van der Waals surface area contributed by atoms with E-state index in [0.717, 1.165) is 5.88 Å². The molecule has 0 bridgehead atoms. The molecule has 0 unspecified atom stereocenters. The molecule has 0 aliphatic carbocycles. The molecule has 0 spiro atoms. The Morgan fingerprint density at radius 2 is 1.06 bits per heavy atom. The number of alkyl halides is 1. The minimum Gasteiger partial charge on any atom is -0.127 e. The Balaban J connectivity index is 3.00. The molecule has 0 rings (SSSR count). The van der Waals surface area contributed by atoms with Crippen molar-refractivity contribution in [3.05, 3.63) is 12.2 Å². The third-order valence-corrected chi connectivity index (χ3v) is 3.66. The molecule has 0 atom stereocenters. The van der Waals surface area contributed by atoms with Gasteiger partial charge in [0.15, 0.2) is 0 Å². The highest BCUT2D eigenvalue weighted by Gasteiger charge is 1.89. The van der Waals surface area contributed by atoms with E-state index in [4.69, 9.17) is 11.6 Å². The quantitative estimate of drug-likeness (QED) is 0.184. The van der Waals surface area contributed by atoms with E-state index in [1.165, 1.54) is 83.5 Å². The van der Waals surface area contributed by atoms with Crippen molar-refractivity contribution in [3.63, 3.8) is 0 Å². The summed E-state index contributed by atoms with van der Waals surface area (Å²) < 4.78 is 0. The van der Waals surface area contributed by atoms with Crippen LogP contribution in [0, 0.1) is 0 Å². The molecule has 0 aromatic heterocycles. The van der Waals surface area contributed by atoms with Gasteiger partial charge in [-0.25, -0.2) is 0 Å². The van der Waals surface area contributed by atoms with Crippen LogP contribution in [0.2, 0.25) is 0 Å². The Morgan fingerprint density at radius 3 is 1.56 bits per heavy atom. The minimum absolute atomic E-state index is 0.832. The maximum absolute atomic E-state index is 5.64. The molecule has 0 saturated carbocycles. The lowest BCUT2D eigenvalue weighted by molar-refractivity contribution is 0.610. The number of hydrogen-bond acceptors (Lipinski definition) is 0. The SMILES string of the molecule is CCCCCCCC/C=C\CCCCCCCCl. The van der Waals surface area contributed by atoms with Crippen molar-refractivity contribution in [1.82, 2.24) is 0 Å². The number of unbranched alkanes of at least 4 members (excludes halogenated alkanes) is 11. The van der Waals surface area contributed by atoms with E-state index in [2.05, 4.69) is 19.1 Å². The Hall–Kier alpha value is 0.0300. The van der Waals surface area contributed by atoms with Gasteiger partial charge in [-0.3, -0.25) is 0 Å². The first kappa shape index (κ1) is 18.0. The lowest BCUT2D eigenvalue weighted by Gasteiger charge is -1.98. The molecule has 0 aromatic carbocycles. The smallest absolute Gasteiger partial charge is 0.0223 e. The minimum atomic E-state index is 0.832. The molecule has 0 aliphatic rings. The van der Waals surface area contributed by atoms with Crippen molar-refractivity contribution in [3.8, 4) is 0 Å². The summed E-state index contributed by atoms with van der Waals surface area (Å²) in [6.45, 7) is 2.28. The Kier molecular flexibility index (Phi) is 17.1. The molecule has 0 nitrogen and oxygen atoms in total. The van der Waals surface area contributed by atoms with Gasteiger partial charge in [0.1, 0.15) is 0 Å². The fourth-order valence-electron chi connectivity index (χ4n) is 2.17. The topological polar surface area (TPSA) is 0 Å². The molecule has 0 fully saturated rings. The predicted octanol–water partition coefficient (Wildman–Crippen LogP) is 6.87. The number of halogens is 1. The zero-order valence-corrected chi connectivity index (χ0v) is 13.2. The van der Waals surface area contributed by atoms with Crippen LogP contribution < -0.4 is 0 Å². The fourth-order valence-corrected chi connectivity index (χ4v) is 2.35. The van der Waals surface area contributed by atoms with Crippen molar-refractivity contribution < 1.29 is 0 Å². The van der Waals surface area contributed by atoms with Crippen LogP contribution in [0.3, 0.4) is 0 Å². The summed E-state index contributed by atoms with van der Waals surface area (Å²) in [4.78, 5) is 0. The summed E-state index contributed by atoms with van der Waals surface area (Å²) in [7, 11) is 0. The third-order valence-electron chi connectivity index (χ3n) is 3.40. The van der Waals surface area contributed by atoms with E-state index in [1.807, 2.05) is 0 Å². The highest BCUT2D eigenvalue weighted by atomic mass is 35.5. The van der Waals surface area contributed by atoms with Gasteiger partial charge in [-0.15, -0.1) is 11.6 Å². The van der Waals surface area contributed by atoms with Crippen LogP contribution in [0.15, 0.2) is 12.2 Å². The lowest BCUT2D eigenvalue weighted by Crippen LogP contribution is -1.80. The van der Waals surface area contributed by atoms with Crippen molar-refractivity contribution in [2.24, 2.45) is 0 Å². The summed E-state index contributed by atoms with van der Waals surface area (Å²) >= 11 is 5.64. The molecular formula is C17H33Cl. The predicted molar refractivity (Wildman–Crippen MR) is 85.6 cm³/mol. The monoisotopic (exact) mass is 272 g/mol. The average Bonchev–Trinajstić information content (AvgIpc) is 2.39. The van der Waals surface area contributed by atoms with Crippen LogP contribution in [-0.4, -0.2) is 5.88 Å². The van der Waals surface area contributed by atoms with Crippen molar-refractivity contribution >= 4 is 11.6 Å². The van der Waals surface area contributed by atoms with E-state index < -0.39 is 0 Å². The van der Waals surface area contributed by atoms with Crippen LogP contribution in [0.5, 0.6) is 0 Å². The lowest BCUT2D eigenvalue weighted by atomic mass is 10.1. The molecular weight excluding hydrogens is 240 g/mol. The second-order valence-electron chi connectivity index (χ2n) is 5.27. The van der Waals surface area contributed by atoms with E-state index in [9.17, 15) is 0 Å². The first-order valence-electron chi connectivity index (χ1n) is 8.12. The zero-order chi connectivity index (χ0) is 13.3. The third kappa shape index (κ3) is 16.0. The molecule has 0 saturated heterocycles. The second-order valence-corrected chi connectivity index (χ2v) is 5.65. The number of allylic oxidation sites excluding steroid dienone is 2. The number of rotatable bonds is 14. The molecule has 0 aliphatic heterocycles. The summed E-state index contributed by atoms with van der Waals surface area (Å²) in [6, 6.07) is 0. The van der Waals surface area contributed by atoms with Gasteiger partial charge in [0.2, 0.25) is 0 Å². The van der Waals surface area contributed by atoms with Crippen LogP contribution >= 0.6 is 11.6 Å². The second kappa shape index (κ2) is 17.0.